The molecule has 0 radical (unpaired) electrons. The minimum atomic E-state index is -0.977. The summed E-state index contributed by atoms with van der Waals surface area (Å²) in [5, 5.41) is 11.1. The number of benzene rings is 2. The van der Waals surface area contributed by atoms with Crippen molar-refractivity contribution >= 4 is 23.5 Å². The van der Waals surface area contributed by atoms with Crippen molar-refractivity contribution < 1.29 is 29.1 Å². The Balaban J connectivity index is 1.80. The number of anilines is 1. The monoisotopic (exact) mass is 454 g/mol. The van der Waals surface area contributed by atoms with Gasteiger partial charge in [-0.1, -0.05) is 30.3 Å². The molecule has 176 valence electrons. The third kappa shape index (κ3) is 5.34. The van der Waals surface area contributed by atoms with E-state index in [1.54, 1.807) is 64.1 Å². The lowest BCUT2D eigenvalue weighted by atomic mass is 9.83. The molecule has 0 bridgehead atoms. The van der Waals surface area contributed by atoms with Crippen molar-refractivity contribution in [2.24, 2.45) is 5.92 Å². The Kier molecular flexibility index (Phi) is 7.07. The SMILES string of the molecule is COc1ccc(N2C(=O)C(CC(=O)N(O)[C@@H](C)c3ccccc3)C2C(=O)OC(C)(C)C)cc1. The number of hydrogen-bond acceptors (Lipinski definition) is 6. The van der Waals surface area contributed by atoms with Gasteiger partial charge in [-0.05, 0) is 57.5 Å². The first-order valence-electron chi connectivity index (χ1n) is 10.8. The Morgan fingerprint density at radius 3 is 2.24 bits per heavy atom. The zero-order valence-corrected chi connectivity index (χ0v) is 19.5. The molecule has 1 N–H and O–H groups in total. The molecule has 2 unspecified atom stereocenters. The fourth-order valence-electron chi connectivity index (χ4n) is 3.78. The maximum Gasteiger partial charge on any atom is 0.330 e. The number of carbonyl (C=O) groups excluding carboxylic acids is 3. The van der Waals surface area contributed by atoms with Crippen LogP contribution in [0.25, 0.3) is 0 Å². The second-order valence-corrected chi connectivity index (χ2v) is 9.02. The van der Waals surface area contributed by atoms with E-state index in [1.807, 2.05) is 18.2 Å². The van der Waals surface area contributed by atoms with Gasteiger partial charge in [0, 0.05) is 12.1 Å². The molecule has 2 aromatic rings. The van der Waals surface area contributed by atoms with Gasteiger partial charge in [-0.2, -0.15) is 0 Å². The van der Waals surface area contributed by atoms with E-state index in [9.17, 15) is 19.6 Å². The number of nitrogens with zero attached hydrogens (tertiary/aromatic N) is 2. The van der Waals surface area contributed by atoms with E-state index in [-0.39, 0.29) is 12.3 Å². The average molecular weight is 455 g/mol. The second-order valence-electron chi connectivity index (χ2n) is 9.02. The number of hydrogen-bond donors (Lipinski definition) is 1. The summed E-state index contributed by atoms with van der Waals surface area (Å²) in [7, 11) is 1.53. The van der Waals surface area contributed by atoms with Gasteiger partial charge in [-0.15, -0.1) is 0 Å². The Morgan fingerprint density at radius 2 is 1.70 bits per heavy atom. The first-order chi connectivity index (χ1) is 15.5. The van der Waals surface area contributed by atoms with E-state index in [0.29, 0.717) is 16.5 Å². The van der Waals surface area contributed by atoms with Crippen LogP contribution < -0.4 is 9.64 Å². The maximum atomic E-state index is 13.0. The Hall–Kier alpha value is -3.39. The highest BCUT2D eigenvalue weighted by Crippen LogP contribution is 2.37. The highest BCUT2D eigenvalue weighted by atomic mass is 16.6. The zero-order valence-electron chi connectivity index (χ0n) is 19.5. The van der Waals surface area contributed by atoms with Gasteiger partial charge < -0.3 is 9.47 Å². The number of esters is 1. The van der Waals surface area contributed by atoms with E-state index >= 15 is 0 Å². The summed E-state index contributed by atoms with van der Waals surface area (Å²) in [5.41, 5.74) is 0.483. The first-order valence-corrected chi connectivity index (χ1v) is 10.8. The van der Waals surface area contributed by atoms with Gasteiger partial charge in [-0.25, -0.2) is 9.86 Å². The van der Waals surface area contributed by atoms with Crippen LogP contribution in [0.3, 0.4) is 0 Å². The zero-order chi connectivity index (χ0) is 24.3. The molecule has 8 nitrogen and oxygen atoms in total. The topological polar surface area (TPSA) is 96.4 Å². The Labute approximate surface area is 193 Å². The van der Waals surface area contributed by atoms with Crippen LogP contribution in [0.15, 0.2) is 54.6 Å². The van der Waals surface area contributed by atoms with Crippen LogP contribution in [0.4, 0.5) is 5.69 Å². The lowest BCUT2D eigenvalue weighted by Crippen LogP contribution is -2.66. The van der Waals surface area contributed by atoms with E-state index in [4.69, 9.17) is 9.47 Å². The van der Waals surface area contributed by atoms with Crippen molar-refractivity contribution in [2.45, 2.75) is 51.8 Å². The molecule has 3 rings (SSSR count). The van der Waals surface area contributed by atoms with Crippen LogP contribution in [0, 0.1) is 5.92 Å². The number of ether oxygens (including phenoxy) is 2. The minimum Gasteiger partial charge on any atom is -0.497 e. The highest BCUT2D eigenvalue weighted by Gasteiger charge is 2.54. The molecule has 1 saturated heterocycles. The van der Waals surface area contributed by atoms with Crippen LogP contribution >= 0.6 is 0 Å². The van der Waals surface area contributed by atoms with Crippen molar-refractivity contribution in [3.05, 3.63) is 60.2 Å². The summed E-state index contributed by atoms with van der Waals surface area (Å²) in [4.78, 5) is 40.2. The molecule has 0 spiro atoms. The molecule has 1 heterocycles. The number of carbonyl (C=O) groups is 3. The molecule has 33 heavy (non-hydrogen) atoms. The lowest BCUT2D eigenvalue weighted by Gasteiger charge is -2.46. The van der Waals surface area contributed by atoms with Crippen LogP contribution in [0.1, 0.15) is 45.7 Å². The van der Waals surface area contributed by atoms with Crippen LogP contribution in [0.2, 0.25) is 0 Å². The van der Waals surface area contributed by atoms with Gasteiger partial charge in [-0.3, -0.25) is 19.7 Å². The molecule has 8 heteroatoms. The summed E-state index contributed by atoms with van der Waals surface area (Å²) in [6.07, 6.45) is -0.316. The minimum absolute atomic E-state index is 0.316. The second kappa shape index (κ2) is 9.62. The van der Waals surface area contributed by atoms with Crippen molar-refractivity contribution in [3.63, 3.8) is 0 Å². The van der Waals surface area contributed by atoms with Crippen LogP contribution in [-0.4, -0.2) is 46.8 Å². The molecule has 0 aromatic heterocycles. The van der Waals surface area contributed by atoms with Crippen molar-refractivity contribution in [1.82, 2.24) is 5.06 Å². The molecule has 0 aliphatic carbocycles. The van der Waals surface area contributed by atoms with Gasteiger partial charge in [0.15, 0.2) is 0 Å². The molecule has 2 aromatic carbocycles. The van der Waals surface area contributed by atoms with Crippen molar-refractivity contribution in [1.29, 1.82) is 0 Å². The first kappa shape index (κ1) is 24.3. The number of rotatable bonds is 7. The number of methoxy groups -OCH3 is 1. The van der Waals surface area contributed by atoms with Gasteiger partial charge in [0.05, 0.1) is 19.1 Å². The van der Waals surface area contributed by atoms with Gasteiger partial charge in [0.1, 0.15) is 17.4 Å². The van der Waals surface area contributed by atoms with Gasteiger partial charge in [0.2, 0.25) is 11.8 Å². The maximum absolute atomic E-state index is 13.0. The van der Waals surface area contributed by atoms with Gasteiger partial charge >= 0.3 is 5.97 Å². The summed E-state index contributed by atoms with van der Waals surface area (Å²) in [6, 6.07) is 14.2. The molecule has 1 aliphatic rings. The number of amides is 2. The Morgan fingerprint density at radius 1 is 1.09 bits per heavy atom. The largest absolute Gasteiger partial charge is 0.497 e. The van der Waals surface area contributed by atoms with Crippen molar-refractivity contribution in [3.8, 4) is 5.75 Å². The predicted octanol–water partition coefficient (Wildman–Crippen LogP) is 3.74. The average Bonchev–Trinajstić information content (AvgIpc) is 2.79. The molecule has 0 saturated carbocycles. The summed E-state index contributed by atoms with van der Waals surface area (Å²) in [6.45, 7) is 6.89. The van der Waals surface area contributed by atoms with Crippen LogP contribution in [0.5, 0.6) is 5.75 Å². The molecular weight excluding hydrogens is 424 g/mol. The quantitative estimate of drug-likeness (QED) is 0.296. The molecule has 2 amide bonds. The predicted molar refractivity (Wildman–Crippen MR) is 122 cm³/mol. The molecule has 1 fully saturated rings. The smallest absolute Gasteiger partial charge is 0.330 e. The van der Waals surface area contributed by atoms with E-state index in [1.165, 1.54) is 12.0 Å². The normalized spacial score (nSPS) is 18.8. The summed E-state index contributed by atoms with van der Waals surface area (Å²) < 4.78 is 10.7. The fourth-order valence-corrected chi connectivity index (χ4v) is 3.78. The number of β-lactam (4-membered cyclic amide) rings is 1. The standard InChI is InChI=1S/C25H30N2O6/c1-16(17-9-7-6-8-10-17)27(31)21(28)15-20-22(24(30)33-25(2,3)4)26(23(20)29)18-11-13-19(32-5)14-12-18/h6-14,16,20,22,31H,15H2,1-5H3/t16-,20?,22?/m0/s1. The summed E-state index contributed by atoms with van der Waals surface area (Å²) >= 11 is 0. The fraction of sp³-hybridized carbons (Fsp3) is 0.400. The van der Waals surface area contributed by atoms with Crippen molar-refractivity contribution in [2.75, 3.05) is 12.0 Å². The molecule has 3 atom stereocenters. The van der Waals surface area contributed by atoms with Crippen LogP contribution in [-0.2, 0) is 19.1 Å². The molecule has 1 aliphatic heterocycles. The third-order valence-corrected chi connectivity index (χ3v) is 5.51. The van der Waals surface area contributed by atoms with E-state index < -0.39 is 35.5 Å². The lowest BCUT2D eigenvalue weighted by molar-refractivity contribution is -0.179. The highest BCUT2D eigenvalue weighted by molar-refractivity contribution is 6.12. The molecular formula is C25H30N2O6. The van der Waals surface area contributed by atoms with E-state index in [0.717, 1.165) is 5.56 Å². The number of hydroxylamine groups is 2. The summed E-state index contributed by atoms with van der Waals surface area (Å²) in [5.74, 6) is -1.96. The third-order valence-electron chi connectivity index (χ3n) is 5.51. The van der Waals surface area contributed by atoms with Gasteiger partial charge in [0.25, 0.3) is 0 Å². The Bertz CT molecular complexity index is 1000. The van der Waals surface area contributed by atoms with E-state index in [2.05, 4.69) is 0 Å².